The number of allylic oxidation sites excluding steroid dienone is 1. The molecule has 0 aliphatic carbocycles. The highest BCUT2D eigenvalue weighted by Crippen LogP contribution is 2.04. The Morgan fingerprint density at radius 2 is 1.62 bits per heavy atom. The van der Waals surface area contributed by atoms with Gasteiger partial charge in [0.25, 0.3) is 0 Å². The van der Waals surface area contributed by atoms with E-state index in [9.17, 15) is 0 Å². The minimum atomic E-state index is 0.365. The number of rotatable bonds is 7. The predicted molar refractivity (Wildman–Crippen MR) is 58.9 cm³/mol. The topological polar surface area (TPSA) is 9.23 Å². The Labute approximate surface area is 83.2 Å². The molecule has 0 aliphatic rings. The second kappa shape index (κ2) is 8.31. The molecule has 0 spiro atoms. The Kier molecular flexibility index (Phi) is 8.11. The van der Waals surface area contributed by atoms with Crippen LogP contribution in [0.25, 0.3) is 0 Å². The normalized spacial score (nSPS) is 12.2. The molecule has 0 amide bonds. The molecular formula is C12H24O. The lowest BCUT2D eigenvalue weighted by molar-refractivity contribution is 0.0825. The number of hydrogen-bond acceptors (Lipinski definition) is 1. The third-order valence-corrected chi connectivity index (χ3v) is 1.81. The second-order valence-electron chi connectivity index (χ2n) is 4.15. The van der Waals surface area contributed by atoms with Crippen LogP contribution in [0.1, 0.15) is 47.0 Å². The number of hydrogen-bond donors (Lipinski definition) is 0. The van der Waals surface area contributed by atoms with Crippen molar-refractivity contribution in [2.24, 2.45) is 5.92 Å². The van der Waals surface area contributed by atoms with Crippen molar-refractivity contribution in [3.05, 3.63) is 12.2 Å². The van der Waals surface area contributed by atoms with Gasteiger partial charge in [0, 0.05) is 0 Å². The van der Waals surface area contributed by atoms with Gasteiger partial charge >= 0.3 is 0 Å². The first-order valence-electron chi connectivity index (χ1n) is 5.39. The van der Waals surface area contributed by atoms with Gasteiger partial charge in [-0.15, -0.1) is 0 Å². The van der Waals surface area contributed by atoms with Crippen molar-refractivity contribution in [3.63, 3.8) is 0 Å². The van der Waals surface area contributed by atoms with E-state index in [0.29, 0.717) is 6.10 Å². The monoisotopic (exact) mass is 184 g/mol. The van der Waals surface area contributed by atoms with Gasteiger partial charge in [0.05, 0.1) is 12.7 Å². The van der Waals surface area contributed by atoms with E-state index >= 15 is 0 Å². The SMILES string of the molecule is CC(C)CC/C=C/CCOC(C)C. The molecule has 0 aromatic rings. The maximum atomic E-state index is 5.42. The average Bonchev–Trinajstić information content (AvgIpc) is 2.01. The molecule has 0 saturated carbocycles. The van der Waals surface area contributed by atoms with Crippen LogP contribution in [-0.2, 0) is 4.74 Å². The Balaban J connectivity index is 3.13. The van der Waals surface area contributed by atoms with Crippen LogP contribution < -0.4 is 0 Å². The molecule has 0 fully saturated rings. The molecule has 0 saturated heterocycles. The van der Waals surface area contributed by atoms with Crippen molar-refractivity contribution < 1.29 is 4.74 Å². The van der Waals surface area contributed by atoms with Crippen molar-refractivity contribution in [2.45, 2.75) is 53.1 Å². The van der Waals surface area contributed by atoms with Crippen LogP contribution in [0.15, 0.2) is 12.2 Å². The van der Waals surface area contributed by atoms with Crippen molar-refractivity contribution in [3.8, 4) is 0 Å². The van der Waals surface area contributed by atoms with Gasteiger partial charge in [-0.1, -0.05) is 26.0 Å². The highest BCUT2D eigenvalue weighted by molar-refractivity contribution is 4.81. The van der Waals surface area contributed by atoms with Crippen LogP contribution in [0.4, 0.5) is 0 Å². The zero-order valence-corrected chi connectivity index (χ0v) is 9.55. The summed E-state index contributed by atoms with van der Waals surface area (Å²) in [5, 5.41) is 0. The summed E-state index contributed by atoms with van der Waals surface area (Å²) in [5.41, 5.74) is 0. The van der Waals surface area contributed by atoms with E-state index in [1.165, 1.54) is 12.8 Å². The third-order valence-electron chi connectivity index (χ3n) is 1.81. The van der Waals surface area contributed by atoms with E-state index in [2.05, 4.69) is 39.8 Å². The summed E-state index contributed by atoms with van der Waals surface area (Å²) in [6, 6.07) is 0. The van der Waals surface area contributed by atoms with Crippen LogP contribution in [0.5, 0.6) is 0 Å². The predicted octanol–water partition coefficient (Wildman–Crippen LogP) is 3.79. The van der Waals surface area contributed by atoms with Gasteiger partial charge in [-0.2, -0.15) is 0 Å². The van der Waals surface area contributed by atoms with Gasteiger partial charge in [0.1, 0.15) is 0 Å². The van der Waals surface area contributed by atoms with Gasteiger partial charge in [0.2, 0.25) is 0 Å². The molecule has 78 valence electrons. The molecule has 0 heterocycles. The summed E-state index contributed by atoms with van der Waals surface area (Å²) >= 11 is 0. The Bertz CT molecular complexity index is 125. The second-order valence-corrected chi connectivity index (χ2v) is 4.15. The summed E-state index contributed by atoms with van der Waals surface area (Å²) in [6.07, 6.45) is 8.41. The van der Waals surface area contributed by atoms with Gasteiger partial charge in [0.15, 0.2) is 0 Å². The van der Waals surface area contributed by atoms with Gasteiger partial charge in [-0.25, -0.2) is 0 Å². The Morgan fingerprint density at radius 1 is 1.00 bits per heavy atom. The standard InChI is InChI=1S/C12H24O/c1-11(2)9-7-5-6-8-10-13-12(3)4/h5-6,11-12H,7-10H2,1-4H3/b6-5+. The third kappa shape index (κ3) is 11.7. The molecule has 1 nitrogen and oxygen atoms in total. The van der Waals surface area contributed by atoms with E-state index in [1.54, 1.807) is 0 Å². The van der Waals surface area contributed by atoms with Crippen LogP contribution in [0, 0.1) is 5.92 Å². The zero-order valence-electron chi connectivity index (χ0n) is 9.55. The lowest BCUT2D eigenvalue weighted by atomic mass is 10.1. The van der Waals surface area contributed by atoms with Crippen molar-refractivity contribution >= 4 is 0 Å². The summed E-state index contributed by atoms with van der Waals surface area (Å²) in [4.78, 5) is 0. The molecule has 0 radical (unpaired) electrons. The Hall–Kier alpha value is -0.300. The maximum absolute atomic E-state index is 5.42. The molecule has 0 rings (SSSR count). The molecule has 0 atom stereocenters. The highest BCUT2D eigenvalue weighted by atomic mass is 16.5. The summed E-state index contributed by atoms with van der Waals surface area (Å²) in [6.45, 7) is 9.52. The lowest BCUT2D eigenvalue weighted by Gasteiger charge is -2.04. The van der Waals surface area contributed by atoms with Crippen LogP contribution >= 0.6 is 0 Å². The van der Waals surface area contributed by atoms with Crippen LogP contribution in [0.2, 0.25) is 0 Å². The van der Waals surface area contributed by atoms with E-state index in [-0.39, 0.29) is 0 Å². The van der Waals surface area contributed by atoms with Crippen LogP contribution in [-0.4, -0.2) is 12.7 Å². The van der Waals surface area contributed by atoms with E-state index in [1.807, 2.05) is 0 Å². The molecule has 0 bridgehead atoms. The largest absolute Gasteiger partial charge is 0.378 e. The minimum absolute atomic E-state index is 0.365. The first kappa shape index (κ1) is 12.7. The number of ether oxygens (including phenoxy) is 1. The fraction of sp³-hybridized carbons (Fsp3) is 0.833. The molecular weight excluding hydrogens is 160 g/mol. The molecule has 13 heavy (non-hydrogen) atoms. The quantitative estimate of drug-likeness (QED) is 0.432. The maximum Gasteiger partial charge on any atom is 0.0519 e. The summed E-state index contributed by atoms with van der Waals surface area (Å²) < 4.78 is 5.42. The van der Waals surface area contributed by atoms with Crippen molar-refractivity contribution in [2.75, 3.05) is 6.61 Å². The fourth-order valence-corrected chi connectivity index (χ4v) is 1.04. The zero-order chi connectivity index (χ0) is 10.1. The minimum Gasteiger partial charge on any atom is -0.378 e. The summed E-state index contributed by atoms with van der Waals surface area (Å²) in [7, 11) is 0. The molecule has 0 unspecified atom stereocenters. The Morgan fingerprint density at radius 3 is 2.15 bits per heavy atom. The average molecular weight is 184 g/mol. The van der Waals surface area contributed by atoms with Gasteiger partial charge in [-0.05, 0) is 39.0 Å². The van der Waals surface area contributed by atoms with E-state index < -0.39 is 0 Å². The molecule has 0 aromatic carbocycles. The van der Waals surface area contributed by atoms with Gasteiger partial charge < -0.3 is 4.74 Å². The smallest absolute Gasteiger partial charge is 0.0519 e. The molecule has 1 heteroatoms. The lowest BCUT2D eigenvalue weighted by Crippen LogP contribution is -2.02. The molecule has 0 aliphatic heterocycles. The molecule has 0 N–H and O–H groups in total. The summed E-state index contributed by atoms with van der Waals surface area (Å²) in [5.74, 6) is 0.816. The van der Waals surface area contributed by atoms with Crippen molar-refractivity contribution in [1.82, 2.24) is 0 Å². The fourth-order valence-electron chi connectivity index (χ4n) is 1.04. The van der Waals surface area contributed by atoms with Crippen molar-refractivity contribution in [1.29, 1.82) is 0 Å². The first-order chi connectivity index (χ1) is 6.13. The van der Waals surface area contributed by atoms with E-state index in [0.717, 1.165) is 18.9 Å². The van der Waals surface area contributed by atoms with E-state index in [4.69, 9.17) is 4.74 Å². The van der Waals surface area contributed by atoms with Crippen LogP contribution in [0.3, 0.4) is 0 Å². The van der Waals surface area contributed by atoms with Gasteiger partial charge in [-0.3, -0.25) is 0 Å². The first-order valence-corrected chi connectivity index (χ1v) is 5.39. The molecule has 0 aromatic heterocycles. The highest BCUT2D eigenvalue weighted by Gasteiger charge is 1.91.